The van der Waals surface area contributed by atoms with Gasteiger partial charge in [0.2, 0.25) is 11.9 Å². The summed E-state index contributed by atoms with van der Waals surface area (Å²) in [5.41, 5.74) is 2.33. The van der Waals surface area contributed by atoms with Gasteiger partial charge in [0, 0.05) is 36.2 Å². The SMILES string of the molecule is CCN(CC)c1cc(C)nc(Nc2ccc(NC(=O)CN3CCOC3=O)cc2)n1. The van der Waals surface area contributed by atoms with Crippen molar-refractivity contribution in [3.63, 3.8) is 0 Å². The van der Waals surface area contributed by atoms with Crippen LogP contribution < -0.4 is 15.5 Å². The Kier molecular flexibility index (Phi) is 6.48. The average Bonchev–Trinajstić information content (AvgIpc) is 3.08. The lowest BCUT2D eigenvalue weighted by molar-refractivity contribution is -0.116. The molecule has 9 nitrogen and oxygen atoms in total. The maximum absolute atomic E-state index is 12.1. The number of benzene rings is 1. The van der Waals surface area contributed by atoms with E-state index < -0.39 is 6.09 Å². The predicted molar refractivity (Wildman–Crippen MR) is 112 cm³/mol. The van der Waals surface area contributed by atoms with Gasteiger partial charge < -0.3 is 20.3 Å². The molecule has 0 spiro atoms. The molecule has 0 saturated carbocycles. The molecule has 9 heteroatoms. The molecule has 0 unspecified atom stereocenters. The Balaban J connectivity index is 1.62. The van der Waals surface area contributed by atoms with Crippen LogP contribution in [0.1, 0.15) is 19.5 Å². The molecule has 2 heterocycles. The van der Waals surface area contributed by atoms with Crippen LogP contribution in [0.15, 0.2) is 30.3 Å². The van der Waals surface area contributed by atoms with Crippen molar-refractivity contribution in [2.24, 2.45) is 0 Å². The first-order chi connectivity index (χ1) is 14.0. The van der Waals surface area contributed by atoms with Crippen molar-refractivity contribution >= 4 is 35.1 Å². The number of carbonyl (C=O) groups is 2. The molecular formula is C20H26N6O3. The van der Waals surface area contributed by atoms with Gasteiger partial charge in [-0.15, -0.1) is 0 Å². The highest BCUT2D eigenvalue weighted by Crippen LogP contribution is 2.20. The lowest BCUT2D eigenvalue weighted by atomic mass is 10.2. The molecule has 3 rings (SSSR count). The van der Waals surface area contributed by atoms with Crippen molar-refractivity contribution in [2.45, 2.75) is 20.8 Å². The minimum atomic E-state index is -0.457. The van der Waals surface area contributed by atoms with Gasteiger partial charge >= 0.3 is 6.09 Å². The van der Waals surface area contributed by atoms with Gasteiger partial charge in [-0.05, 0) is 45.0 Å². The molecule has 2 N–H and O–H groups in total. The van der Waals surface area contributed by atoms with Crippen molar-refractivity contribution in [3.8, 4) is 0 Å². The van der Waals surface area contributed by atoms with E-state index in [1.807, 2.05) is 25.1 Å². The molecule has 0 aliphatic carbocycles. The Bertz CT molecular complexity index is 867. The highest BCUT2D eigenvalue weighted by molar-refractivity contribution is 5.94. The number of nitrogens with one attached hydrogen (secondary N) is 2. The minimum absolute atomic E-state index is 0.0237. The van der Waals surface area contributed by atoms with E-state index in [-0.39, 0.29) is 12.5 Å². The molecule has 0 radical (unpaired) electrons. The van der Waals surface area contributed by atoms with Crippen LogP contribution in [0.5, 0.6) is 0 Å². The van der Waals surface area contributed by atoms with Crippen LogP contribution in [0, 0.1) is 6.92 Å². The monoisotopic (exact) mass is 398 g/mol. The number of nitrogens with zero attached hydrogens (tertiary/aromatic N) is 4. The number of rotatable bonds is 8. The van der Waals surface area contributed by atoms with E-state index in [0.29, 0.717) is 24.8 Å². The van der Waals surface area contributed by atoms with Crippen LogP contribution in [0.2, 0.25) is 0 Å². The number of aryl methyl sites for hydroxylation is 1. The van der Waals surface area contributed by atoms with Crippen molar-refractivity contribution in [1.82, 2.24) is 14.9 Å². The summed E-state index contributed by atoms with van der Waals surface area (Å²) in [4.78, 5) is 36.1. The van der Waals surface area contributed by atoms with E-state index in [9.17, 15) is 9.59 Å². The summed E-state index contributed by atoms with van der Waals surface area (Å²) in [6.07, 6.45) is -0.457. The molecule has 1 fully saturated rings. The fourth-order valence-electron chi connectivity index (χ4n) is 3.03. The Morgan fingerprint density at radius 3 is 2.48 bits per heavy atom. The molecule has 1 aliphatic heterocycles. The molecular weight excluding hydrogens is 372 g/mol. The van der Waals surface area contributed by atoms with Gasteiger partial charge in [-0.25, -0.2) is 9.78 Å². The van der Waals surface area contributed by atoms with E-state index >= 15 is 0 Å². The highest BCUT2D eigenvalue weighted by Gasteiger charge is 2.24. The quantitative estimate of drug-likeness (QED) is 0.705. The molecule has 154 valence electrons. The summed E-state index contributed by atoms with van der Waals surface area (Å²) < 4.78 is 4.82. The van der Waals surface area contributed by atoms with Crippen LogP contribution in [-0.2, 0) is 9.53 Å². The molecule has 0 atom stereocenters. The first-order valence-corrected chi connectivity index (χ1v) is 9.67. The molecule has 1 aliphatic rings. The molecule has 1 aromatic carbocycles. The molecule has 29 heavy (non-hydrogen) atoms. The summed E-state index contributed by atoms with van der Waals surface area (Å²) in [6.45, 7) is 8.59. The topological polar surface area (TPSA) is 99.7 Å². The summed E-state index contributed by atoms with van der Waals surface area (Å²) in [7, 11) is 0. The smallest absolute Gasteiger partial charge is 0.410 e. The number of ether oxygens (including phenoxy) is 1. The number of cyclic esters (lactones) is 1. The second-order valence-corrected chi connectivity index (χ2v) is 6.65. The molecule has 1 saturated heterocycles. The number of hydrogen-bond acceptors (Lipinski definition) is 7. The fourth-order valence-corrected chi connectivity index (χ4v) is 3.03. The van der Waals surface area contributed by atoms with E-state index in [0.717, 1.165) is 30.3 Å². The Morgan fingerprint density at radius 1 is 1.17 bits per heavy atom. The minimum Gasteiger partial charge on any atom is -0.448 e. The van der Waals surface area contributed by atoms with Crippen LogP contribution in [-0.4, -0.2) is 59.7 Å². The van der Waals surface area contributed by atoms with E-state index in [4.69, 9.17) is 4.74 Å². The zero-order valence-corrected chi connectivity index (χ0v) is 16.9. The van der Waals surface area contributed by atoms with Gasteiger partial charge in [0.25, 0.3) is 0 Å². The van der Waals surface area contributed by atoms with Crippen molar-refractivity contribution in [3.05, 3.63) is 36.0 Å². The Labute approximate surface area is 170 Å². The van der Waals surface area contributed by atoms with Gasteiger partial charge in [0.1, 0.15) is 19.0 Å². The Morgan fingerprint density at radius 2 is 1.86 bits per heavy atom. The maximum atomic E-state index is 12.1. The van der Waals surface area contributed by atoms with E-state index in [1.54, 1.807) is 12.1 Å². The normalized spacial score (nSPS) is 13.2. The van der Waals surface area contributed by atoms with Crippen LogP contribution in [0.3, 0.4) is 0 Å². The maximum Gasteiger partial charge on any atom is 0.410 e. The summed E-state index contributed by atoms with van der Waals surface area (Å²) >= 11 is 0. The lowest BCUT2D eigenvalue weighted by Crippen LogP contribution is -2.33. The van der Waals surface area contributed by atoms with Crippen LogP contribution in [0.4, 0.5) is 27.9 Å². The van der Waals surface area contributed by atoms with E-state index in [2.05, 4.69) is 39.3 Å². The second kappa shape index (κ2) is 9.22. The molecule has 2 aromatic rings. The molecule has 2 amide bonds. The summed E-state index contributed by atoms with van der Waals surface area (Å²) in [6, 6.07) is 9.20. The van der Waals surface area contributed by atoms with Gasteiger partial charge in [-0.1, -0.05) is 0 Å². The third-order valence-electron chi connectivity index (χ3n) is 4.53. The standard InChI is InChI=1S/C20H26N6O3/c1-4-25(5-2)17-12-14(3)21-19(24-17)23-16-8-6-15(7-9-16)22-18(27)13-26-10-11-29-20(26)28/h6-9,12H,4-5,10-11,13H2,1-3H3,(H,22,27)(H,21,23,24). The second-order valence-electron chi connectivity index (χ2n) is 6.65. The van der Waals surface area contributed by atoms with Crippen molar-refractivity contribution in [2.75, 3.05) is 48.3 Å². The fraction of sp³-hybridized carbons (Fsp3) is 0.400. The highest BCUT2D eigenvalue weighted by atomic mass is 16.6. The van der Waals surface area contributed by atoms with Crippen LogP contribution in [0.25, 0.3) is 0 Å². The van der Waals surface area contributed by atoms with Crippen molar-refractivity contribution < 1.29 is 14.3 Å². The van der Waals surface area contributed by atoms with Crippen molar-refractivity contribution in [1.29, 1.82) is 0 Å². The molecule has 0 bridgehead atoms. The largest absolute Gasteiger partial charge is 0.448 e. The Hall–Kier alpha value is -3.36. The zero-order valence-electron chi connectivity index (χ0n) is 16.9. The summed E-state index contributed by atoms with van der Waals surface area (Å²) in [5, 5.41) is 5.98. The number of anilines is 4. The average molecular weight is 398 g/mol. The third-order valence-corrected chi connectivity index (χ3v) is 4.53. The number of aromatic nitrogens is 2. The number of carbonyl (C=O) groups excluding carboxylic acids is 2. The lowest BCUT2D eigenvalue weighted by Gasteiger charge is -2.20. The third kappa shape index (κ3) is 5.34. The summed E-state index contributed by atoms with van der Waals surface area (Å²) in [5.74, 6) is 1.14. The number of hydrogen-bond donors (Lipinski definition) is 2. The van der Waals surface area contributed by atoms with Gasteiger partial charge in [0.05, 0.1) is 6.54 Å². The predicted octanol–water partition coefficient (Wildman–Crippen LogP) is 2.77. The molecule has 1 aromatic heterocycles. The van der Waals surface area contributed by atoms with Gasteiger partial charge in [0.15, 0.2) is 0 Å². The number of amides is 2. The van der Waals surface area contributed by atoms with Gasteiger partial charge in [-0.2, -0.15) is 4.98 Å². The van der Waals surface area contributed by atoms with E-state index in [1.165, 1.54) is 4.90 Å². The zero-order chi connectivity index (χ0) is 20.8. The van der Waals surface area contributed by atoms with Gasteiger partial charge in [-0.3, -0.25) is 9.69 Å². The van der Waals surface area contributed by atoms with Crippen LogP contribution >= 0.6 is 0 Å². The first kappa shape index (κ1) is 20.4. The first-order valence-electron chi connectivity index (χ1n) is 9.67.